The number of carbonyl (C=O) groups is 2. The highest BCUT2D eigenvalue weighted by atomic mass is 35.5. The van der Waals surface area contributed by atoms with Crippen LogP contribution in [0.15, 0.2) is 18.3 Å². The van der Waals surface area contributed by atoms with Crippen molar-refractivity contribution in [2.75, 3.05) is 6.61 Å². The first-order valence-corrected chi connectivity index (χ1v) is 7.94. The summed E-state index contributed by atoms with van der Waals surface area (Å²) in [7, 11) is 0. The predicted molar refractivity (Wildman–Crippen MR) is 83.6 cm³/mol. The monoisotopic (exact) mass is 324 g/mol. The molecular formula is C16H21ClN2O3. The number of amides is 1. The summed E-state index contributed by atoms with van der Waals surface area (Å²) in [5.74, 6) is 0.106. The number of hydrogen-bond acceptors (Lipinski definition) is 4. The Kier molecular flexibility index (Phi) is 5.77. The van der Waals surface area contributed by atoms with Crippen LogP contribution in [-0.4, -0.2) is 29.5 Å². The lowest BCUT2D eigenvalue weighted by atomic mass is 9.78. The second kappa shape index (κ2) is 7.58. The molecule has 1 amide bonds. The molecule has 5 nitrogen and oxygen atoms in total. The van der Waals surface area contributed by atoms with Crippen molar-refractivity contribution in [1.82, 2.24) is 10.3 Å². The Hall–Kier alpha value is -1.62. The molecule has 120 valence electrons. The van der Waals surface area contributed by atoms with Crippen LogP contribution in [0.25, 0.3) is 0 Å². The zero-order valence-electron chi connectivity index (χ0n) is 12.8. The standard InChI is InChI=1S/C16H21ClN2O3/c1-10-5-3-7-13(11(10)2)19-14(20)9-22-16(21)12-6-4-8-18-15(12)17/h4,6,8,10-11,13H,3,5,7,9H2,1-2H3,(H,19,20)/t10-,11-,13+/m1/s1. The number of carbonyl (C=O) groups excluding carboxylic acids is 2. The first kappa shape index (κ1) is 16.7. The van der Waals surface area contributed by atoms with Gasteiger partial charge in [0.05, 0.1) is 5.56 Å². The highest BCUT2D eigenvalue weighted by Gasteiger charge is 2.28. The van der Waals surface area contributed by atoms with E-state index in [-0.39, 0.29) is 29.3 Å². The van der Waals surface area contributed by atoms with Crippen LogP contribution >= 0.6 is 11.6 Å². The molecule has 1 saturated carbocycles. The first-order chi connectivity index (χ1) is 10.5. The normalized spacial score (nSPS) is 24.6. The lowest BCUT2D eigenvalue weighted by Crippen LogP contribution is -2.45. The van der Waals surface area contributed by atoms with Crippen molar-refractivity contribution in [2.24, 2.45) is 11.8 Å². The molecule has 22 heavy (non-hydrogen) atoms. The van der Waals surface area contributed by atoms with Gasteiger partial charge in [-0.3, -0.25) is 4.79 Å². The summed E-state index contributed by atoms with van der Waals surface area (Å²) in [6.45, 7) is 4.05. The Labute approximate surface area is 135 Å². The summed E-state index contributed by atoms with van der Waals surface area (Å²) in [4.78, 5) is 27.6. The largest absolute Gasteiger partial charge is 0.452 e. The number of hydrogen-bond donors (Lipinski definition) is 1. The van der Waals surface area contributed by atoms with Crippen LogP contribution in [-0.2, 0) is 9.53 Å². The fourth-order valence-corrected chi connectivity index (χ4v) is 2.98. The van der Waals surface area contributed by atoms with Crippen LogP contribution in [0.2, 0.25) is 5.15 Å². The average molecular weight is 325 g/mol. The van der Waals surface area contributed by atoms with E-state index in [1.54, 1.807) is 6.07 Å². The molecule has 0 unspecified atom stereocenters. The zero-order chi connectivity index (χ0) is 16.1. The Bertz CT molecular complexity index is 550. The Balaban J connectivity index is 1.83. The van der Waals surface area contributed by atoms with E-state index in [2.05, 4.69) is 24.1 Å². The number of ether oxygens (including phenoxy) is 1. The molecule has 2 rings (SSSR count). The molecule has 1 aromatic rings. The second-order valence-corrected chi connectivity index (χ2v) is 6.22. The van der Waals surface area contributed by atoms with E-state index in [1.165, 1.54) is 18.7 Å². The lowest BCUT2D eigenvalue weighted by molar-refractivity contribution is -0.125. The minimum Gasteiger partial charge on any atom is -0.452 e. The Morgan fingerprint density at radius 1 is 1.41 bits per heavy atom. The third-order valence-electron chi connectivity index (χ3n) is 4.37. The topological polar surface area (TPSA) is 68.3 Å². The SMILES string of the molecule is C[C@@H]1[C@H](C)CCC[C@@H]1NC(=O)COC(=O)c1cccnc1Cl. The van der Waals surface area contributed by atoms with Gasteiger partial charge in [0.2, 0.25) is 0 Å². The number of aromatic nitrogens is 1. The minimum absolute atomic E-state index is 0.0719. The van der Waals surface area contributed by atoms with E-state index < -0.39 is 5.97 Å². The van der Waals surface area contributed by atoms with Crippen LogP contribution in [0.1, 0.15) is 43.5 Å². The van der Waals surface area contributed by atoms with E-state index in [0.717, 1.165) is 12.8 Å². The minimum atomic E-state index is -0.640. The van der Waals surface area contributed by atoms with E-state index in [1.807, 2.05) is 0 Å². The van der Waals surface area contributed by atoms with E-state index in [4.69, 9.17) is 16.3 Å². The number of nitrogens with one attached hydrogen (secondary N) is 1. The van der Waals surface area contributed by atoms with Gasteiger partial charge in [0.1, 0.15) is 5.15 Å². The van der Waals surface area contributed by atoms with Crippen LogP contribution in [0.3, 0.4) is 0 Å². The number of halogens is 1. The van der Waals surface area contributed by atoms with E-state index in [0.29, 0.717) is 11.8 Å². The molecule has 0 aromatic carbocycles. The second-order valence-electron chi connectivity index (χ2n) is 5.86. The number of nitrogens with zero attached hydrogens (tertiary/aromatic N) is 1. The molecule has 6 heteroatoms. The van der Waals surface area contributed by atoms with Crippen molar-refractivity contribution in [3.05, 3.63) is 29.0 Å². The van der Waals surface area contributed by atoms with Crippen LogP contribution in [0, 0.1) is 11.8 Å². The summed E-state index contributed by atoms with van der Waals surface area (Å²) < 4.78 is 5.00. The molecule has 1 heterocycles. The molecule has 1 N–H and O–H groups in total. The van der Waals surface area contributed by atoms with Gasteiger partial charge < -0.3 is 10.1 Å². The van der Waals surface area contributed by atoms with Gasteiger partial charge in [0, 0.05) is 12.2 Å². The molecule has 0 bridgehead atoms. The highest BCUT2D eigenvalue weighted by molar-refractivity contribution is 6.32. The molecule has 1 fully saturated rings. The van der Waals surface area contributed by atoms with Crippen molar-refractivity contribution in [3.63, 3.8) is 0 Å². The maximum Gasteiger partial charge on any atom is 0.341 e. The molecule has 0 saturated heterocycles. The van der Waals surface area contributed by atoms with Gasteiger partial charge in [0.25, 0.3) is 5.91 Å². The molecule has 1 aromatic heterocycles. The highest BCUT2D eigenvalue weighted by Crippen LogP contribution is 2.29. The van der Waals surface area contributed by atoms with Gasteiger partial charge in [0.15, 0.2) is 6.61 Å². The van der Waals surface area contributed by atoms with Gasteiger partial charge in [-0.1, -0.05) is 38.3 Å². The van der Waals surface area contributed by atoms with Gasteiger partial charge in [-0.05, 0) is 30.4 Å². The predicted octanol–water partition coefficient (Wildman–Crippen LogP) is 2.83. The quantitative estimate of drug-likeness (QED) is 0.683. The maximum absolute atomic E-state index is 11.9. The Morgan fingerprint density at radius 3 is 2.91 bits per heavy atom. The molecule has 1 aliphatic rings. The molecule has 3 atom stereocenters. The van der Waals surface area contributed by atoms with Crippen molar-refractivity contribution in [1.29, 1.82) is 0 Å². The number of pyridine rings is 1. The van der Waals surface area contributed by atoms with Crippen LogP contribution in [0.5, 0.6) is 0 Å². The van der Waals surface area contributed by atoms with Crippen molar-refractivity contribution in [3.8, 4) is 0 Å². The Morgan fingerprint density at radius 2 is 2.18 bits per heavy atom. The van der Waals surface area contributed by atoms with E-state index in [9.17, 15) is 9.59 Å². The summed E-state index contributed by atoms with van der Waals surface area (Å²) >= 11 is 5.81. The van der Waals surface area contributed by atoms with Crippen molar-refractivity contribution >= 4 is 23.5 Å². The van der Waals surface area contributed by atoms with E-state index >= 15 is 0 Å². The first-order valence-electron chi connectivity index (χ1n) is 7.56. The summed E-state index contributed by atoms with van der Waals surface area (Å²) in [6, 6.07) is 3.26. The van der Waals surface area contributed by atoms with Crippen molar-refractivity contribution < 1.29 is 14.3 Å². The molecular weight excluding hydrogens is 304 g/mol. The van der Waals surface area contributed by atoms with Crippen molar-refractivity contribution in [2.45, 2.75) is 39.2 Å². The zero-order valence-corrected chi connectivity index (χ0v) is 13.6. The smallest absolute Gasteiger partial charge is 0.341 e. The third-order valence-corrected chi connectivity index (χ3v) is 4.67. The average Bonchev–Trinajstić information content (AvgIpc) is 2.50. The third kappa shape index (κ3) is 4.19. The van der Waals surface area contributed by atoms with Gasteiger partial charge in [-0.2, -0.15) is 0 Å². The number of esters is 1. The fraction of sp³-hybridized carbons (Fsp3) is 0.562. The molecule has 0 radical (unpaired) electrons. The van der Waals surface area contributed by atoms with Crippen LogP contribution in [0.4, 0.5) is 0 Å². The maximum atomic E-state index is 11.9. The fourth-order valence-electron chi connectivity index (χ4n) is 2.78. The van der Waals surface area contributed by atoms with Gasteiger partial charge >= 0.3 is 5.97 Å². The summed E-state index contributed by atoms with van der Waals surface area (Å²) in [6.07, 6.45) is 4.76. The molecule has 0 spiro atoms. The van der Waals surface area contributed by atoms with Gasteiger partial charge in [-0.25, -0.2) is 9.78 Å². The number of rotatable bonds is 4. The summed E-state index contributed by atoms with van der Waals surface area (Å²) in [5, 5.41) is 3.03. The summed E-state index contributed by atoms with van der Waals surface area (Å²) in [5.41, 5.74) is 0.164. The molecule has 1 aliphatic carbocycles. The van der Waals surface area contributed by atoms with Crippen LogP contribution < -0.4 is 5.32 Å². The lowest BCUT2D eigenvalue weighted by Gasteiger charge is -2.34. The molecule has 0 aliphatic heterocycles. The van der Waals surface area contributed by atoms with Gasteiger partial charge in [-0.15, -0.1) is 0 Å².